The van der Waals surface area contributed by atoms with Gasteiger partial charge in [0.05, 0.1) is 0 Å². The lowest BCUT2D eigenvalue weighted by atomic mass is 10.0. The Morgan fingerprint density at radius 2 is 1.10 bits per heavy atom. The zero-order valence-electron chi connectivity index (χ0n) is 26.3. The summed E-state index contributed by atoms with van der Waals surface area (Å²) in [6.07, 6.45) is 29.3. The number of ether oxygens (including phenoxy) is 1. The number of carbonyl (C=O) groups is 2. The Balaban J connectivity index is 4.20. The first-order chi connectivity index (χ1) is 19.2. The maximum atomic E-state index is 12.6. The molecule has 0 aromatic heterocycles. The highest BCUT2D eigenvalue weighted by Gasteiger charge is 2.14. The Morgan fingerprint density at radius 1 is 0.641 bits per heavy atom. The first-order valence-corrected chi connectivity index (χ1v) is 17.1. The van der Waals surface area contributed by atoms with Crippen LogP contribution in [0.5, 0.6) is 0 Å². The van der Waals surface area contributed by atoms with E-state index in [4.69, 9.17) is 9.84 Å². The van der Waals surface area contributed by atoms with Gasteiger partial charge in [0, 0.05) is 19.4 Å². The van der Waals surface area contributed by atoms with E-state index in [0.717, 1.165) is 96.5 Å². The van der Waals surface area contributed by atoms with E-state index in [1.807, 2.05) is 0 Å². The molecule has 0 aliphatic carbocycles. The molecule has 1 N–H and O–H groups in total. The van der Waals surface area contributed by atoms with Gasteiger partial charge >= 0.3 is 5.97 Å². The summed E-state index contributed by atoms with van der Waals surface area (Å²) in [5.41, 5.74) is 0. The van der Waals surface area contributed by atoms with Gasteiger partial charge in [-0.3, -0.25) is 4.79 Å². The molecule has 0 heterocycles. The van der Waals surface area contributed by atoms with Crippen LogP contribution in [0.2, 0.25) is 0 Å². The summed E-state index contributed by atoms with van der Waals surface area (Å²) in [4.78, 5) is 25.6. The van der Waals surface area contributed by atoms with E-state index < -0.39 is 0 Å². The molecule has 5 heteroatoms. The monoisotopic (exact) mass is 554 g/mol. The third kappa shape index (κ3) is 28.4. The number of rotatable bonds is 32. The molecule has 0 aliphatic rings. The molecule has 0 atom stereocenters. The standard InChI is InChI=1S/C34H67NO4/c1-3-5-7-9-11-17-25-33(26-18-12-10-8-6-4-2)39-34(38)27-19-13-14-20-28-35(30-22-24-32-37)29-21-15-16-23-31-36/h31,33,37H,3-30,32H2,1-2H3. The van der Waals surface area contributed by atoms with Gasteiger partial charge in [0.15, 0.2) is 0 Å². The third-order valence-corrected chi connectivity index (χ3v) is 7.84. The van der Waals surface area contributed by atoms with E-state index in [-0.39, 0.29) is 18.7 Å². The van der Waals surface area contributed by atoms with Gasteiger partial charge in [-0.05, 0) is 83.8 Å². The van der Waals surface area contributed by atoms with Crippen molar-refractivity contribution >= 4 is 12.3 Å². The quantitative estimate of drug-likeness (QED) is 0.0511. The molecule has 0 rings (SSSR count). The molecular weight excluding hydrogens is 486 g/mol. The van der Waals surface area contributed by atoms with Gasteiger partial charge in [-0.25, -0.2) is 0 Å². The Morgan fingerprint density at radius 3 is 1.64 bits per heavy atom. The summed E-state index contributed by atoms with van der Waals surface area (Å²) in [7, 11) is 0. The first-order valence-electron chi connectivity index (χ1n) is 17.1. The van der Waals surface area contributed by atoms with Crippen LogP contribution in [-0.4, -0.2) is 54.6 Å². The average Bonchev–Trinajstić information content (AvgIpc) is 2.93. The largest absolute Gasteiger partial charge is 0.462 e. The topological polar surface area (TPSA) is 66.8 Å². The van der Waals surface area contributed by atoms with Crippen molar-refractivity contribution < 1.29 is 19.4 Å². The molecule has 0 saturated carbocycles. The second kappa shape index (κ2) is 31.6. The summed E-state index contributed by atoms with van der Waals surface area (Å²) in [6.45, 7) is 7.99. The van der Waals surface area contributed by atoms with Crippen molar-refractivity contribution in [3.05, 3.63) is 0 Å². The molecular formula is C34H67NO4. The van der Waals surface area contributed by atoms with Crippen molar-refractivity contribution in [2.24, 2.45) is 0 Å². The fourth-order valence-electron chi connectivity index (χ4n) is 5.29. The molecule has 0 spiro atoms. The first kappa shape index (κ1) is 38.1. The van der Waals surface area contributed by atoms with E-state index in [1.54, 1.807) is 0 Å². The van der Waals surface area contributed by atoms with Crippen LogP contribution in [-0.2, 0) is 14.3 Å². The van der Waals surface area contributed by atoms with Gasteiger partial charge in [0.25, 0.3) is 0 Å². The third-order valence-electron chi connectivity index (χ3n) is 7.84. The van der Waals surface area contributed by atoms with Gasteiger partial charge in [0.1, 0.15) is 12.4 Å². The Hall–Kier alpha value is -0.940. The minimum Gasteiger partial charge on any atom is -0.462 e. The maximum Gasteiger partial charge on any atom is 0.306 e. The van der Waals surface area contributed by atoms with Crippen LogP contribution in [0.25, 0.3) is 0 Å². The maximum absolute atomic E-state index is 12.6. The van der Waals surface area contributed by atoms with Crippen LogP contribution in [0.3, 0.4) is 0 Å². The van der Waals surface area contributed by atoms with Crippen LogP contribution in [0.15, 0.2) is 0 Å². The van der Waals surface area contributed by atoms with Crippen molar-refractivity contribution in [1.82, 2.24) is 4.90 Å². The van der Waals surface area contributed by atoms with Crippen LogP contribution in [0.1, 0.15) is 174 Å². The Kier molecular flexibility index (Phi) is 30.8. The zero-order valence-corrected chi connectivity index (χ0v) is 26.3. The molecule has 232 valence electrons. The number of hydrogen-bond donors (Lipinski definition) is 1. The second-order valence-electron chi connectivity index (χ2n) is 11.7. The van der Waals surface area contributed by atoms with E-state index in [9.17, 15) is 9.59 Å². The molecule has 0 fully saturated rings. The van der Waals surface area contributed by atoms with Crippen molar-refractivity contribution in [3.63, 3.8) is 0 Å². The number of nitrogens with zero attached hydrogens (tertiary/aromatic N) is 1. The number of carbonyl (C=O) groups excluding carboxylic acids is 2. The van der Waals surface area contributed by atoms with Gasteiger partial charge in [-0.2, -0.15) is 0 Å². The number of hydrogen-bond acceptors (Lipinski definition) is 5. The highest BCUT2D eigenvalue weighted by Crippen LogP contribution is 2.18. The predicted octanol–water partition coefficient (Wildman–Crippen LogP) is 9.18. The number of aliphatic hydroxyl groups excluding tert-OH is 1. The second-order valence-corrected chi connectivity index (χ2v) is 11.7. The van der Waals surface area contributed by atoms with Crippen molar-refractivity contribution in [3.8, 4) is 0 Å². The minimum atomic E-state index is 0.0120. The molecule has 5 nitrogen and oxygen atoms in total. The molecule has 0 aromatic carbocycles. The van der Waals surface area contributed by atoms with Gasteiger partial charge in [-0.1, -0.05) is 97.3 Å². The number of aldehydes is 1. The molecule has 39 heavy (non-hydrogen) atoms. The van der Waals surface area contributed by atoms with E-state index in [1.165, 1.54) is 77.0 Å². The normalized spacial score (nSPS) is 11.5. The minimum absolute atomic E-state index is 0.0120. The summed E-state index contributed by atoms with van der Waals surface area (Å²) in [5.74, 6) is 0.0120. The van der Waals surface area contributed by atoms with E-state index >= 15 is 0 Å². The SMILES string of the molecule is CCCCCCCCC(CCCCCCCC)OC(=O)CCCCCCN(CCCCO)CCCCCC=O. The van der Waals surface area contributed by atoms with Crippen molar-refractivity contribution in [2.75, 3.05) is 26.2 Å². The van der Waals surface area contributed by atoms with Gasteiger partial charge < -0.3 is 19.5 Å². The van der Waals surface area contributed by atoms with Crippen LogP contribution < -0.4 is 0 Å². The summed E-state index contributed by atoms with van der Waals surface area (Å²) < 4.78 is 5.99. The summed E-state index contributed by atoms with van der Waals surface area (Å²) in [6, 6.07) is 0. The van der Waals surface area contributed by atoms with Gasteiger partial charge in [-0.15, -0.1) is 0 Å². The molecule has 0 unspecified atom stereocenters. The molecule has 0 amide bonds. The van der Waals surface area contributed by atoms with E-state index in [0.29, 0.717) is 12.8 Å². The van der Waals surface area contributed by atoms with Crippen LogP contribution in [0.4, 0.5) is 0 Å². The molecule has 0 aromatic rings. The predicted molar refractivity (Wildman–Crippen MR) is 166 cm³/mol. The molecule has 0 radical (unpaired) electrons. The Labute approximate surface area is 243 Å². The van der Waals surface area contributed by atoms with Crippen LogP contribution in [0, 0.1) is 0 Å². The molecule has 0 saturated heterocycles. The highest BCUT2D eigenvalue weighted by atomic mass is 16.5. The zero-order chi connectivity index (χ0) is 28.7. The van der Waals surface area contributed by atoms with Crippen LogP contribution >= 0.6 is 0 Å². The molecule has 0 aliphatic heterocycles. The lowest BCUT2D eigenvalue weighted by Gasteiger charge is -2.22. The fraction of sp³-hybridized carbons (Fsp3) is 0.941. The smallest absolute Gasteiger partial charge is 0.306 e. The Bertz CT molecular complexity index is 497. The average molecular weight is 554 g/mol. The van der Waals surface area contributed by atoms with Crippen molar-refractivity contribution in [1.29, 1.82) is 0 Å². The number of esters is 1. The molecule has 0 bridgehead atoms. The lowest BCUT2D eigenvalue weighted by molar-refractivity contribution is -0.150. The number of unbranched alkanes of at least 4 members (excludes halogenated alkanes) is 17. The van der Waals surface area contributed by atoms with Crippen molar-refractivity contribution in [2.45, 2.75) is 180 Å². The van der Waals surface area contributed by atoms with Gasteiger partial charge in [0.2, 0.25) is 0 Å². The summed E-state index contributed by atoms with van der Waals surface area (Å²) in [5, 5.41) is 9.10. The fourth-order valence-corrected chi connectivity index (χ4v) is 5.29. The van der Waals surface area contributed by atoms with E-state index in [2.05, 4.69) is 18.7 Å². The summed E-state index contributed by atoms with van der Waals surface area (Å²) >= 11 is 0. The lowest BCUT2D eigenvalue weighted by Crippen LogP contribution is -2.27. The number of aliphatic hydroxyl groups is 1. The highest BCUT2D eigenvalue weighted by molar-refractivity contribution is 5.69.